The van der Waals surface area contributed by atoms with Crippen LogP contribution in [0, 0.1) is 0 Å². The first-order valence-corrected chi connectivity index (χ1v) is 9.23. The summed E-state index contributed by atoms with van der Waals surface area (Å²) in [6.07, 6.45) is 1.40. The Morgan fingerprint density at radius 2 is 1.90 bits per heavy atom. The van der Waals surface area contributed by atoms with Crippen molar-refractivity contribution in [1.29, 1.82) is 0 Å². The Kier molecular flexibility index (Phi) is 6.86. The number of hydrogen-bond acceptors (Lipinski definition) is 5. The summed E-state index contributed by atoms with van der Waals surface area (Å²) in [5.74, 6) is -0.338. The molecule has 0 aromatic heterocycles. The standard InChI is InChI=1S/C22H23NO6/c1-27-17-9-7-16(8-10-17)19-11-12-20(29-19)21(24)23-18(22(25)26)14-28-13-15-5-3-2-4-6-15/h2-11,18,20H,12-14H2,1H3,(H,23,24)(H,25,26). The Bertz CT molecular complexity index is 863. The van der Waals surface area contributed by atoms with Crippen molar-refractivity contribution in [2.75, 3.05) is 13.7 Å². The largest absolute Gasteiger partial charge is 0.497 e. The number of aliphatic carboxylic acids is 1. The Morgan fingerprint density at radius 1 is 1.17 bits per heavy atom. The van der Waals surface area contributed by atoms with Gasteiger partial charge in [0.25, 0.3) is 5.91 Å². The summed E-state index contributed by atoms with van der Waals surface area (Å²) in [6.45, 7) is 0.130. The Labute approximate surface area is 168 Å². The predicted molar refractivity (Wildman–Crippen MR) is 106 cm³/mol. The van der Waals surface area contributed by atoms with Crippen LogP contribution in [-0.4, -0.2) is 42.8 Å². The molecule has 7 heteroatoms. The molecule has 1 heterocycles. The van der Waals surface area contributed by atoms with Crippen molar-refractivity contribution in [1.82, 2.24) is 5.32 Å². The molecule has 2 N–H and O–H groups in total. The topological polar surface area (TPSA) is 94.1 Å². The van der Waals surface area contributed by atoms with Gasteiger partial charge in [0.15, 0.2) is 12.1 Å². The van der Waals surface area contributed by atoms with Gasteiger partial charge in [0.1, 0.15) is 11.5 Å². The number of carbonyl (C=O) groups excluding carboxylic acids is 1. The van der Waals surface area contributed by atoms with Gasteiger partial charge >= 0.3 is 5.97 Å². The first-order valence-electron chi connectivity index (χ1n) is 9.23. The number of rotatable bonds is 9. The van der Waals surface area contributed by atoms with Crippen LogP contribution in [-0.2, 0) is 25.7 Å². The number of carboxylic acid groups (broad SMARTS) is 1. The van der Waals surface area contributed by atoms with E-state index in [0.29, 0.717) is 12.2 Å². The van der Waals surface area contributed by atoms with Crippen LogP contribution in [0.25, 0.3) is 5.76 Å². The van der Waals surface area contributed by atoms with Gasteiger partial charge in [-0.3, -0.25) is 4.79 Å². The zero-order valence-corrected chi connectivity index (χ0v) is 16.0. The van der Waals surface area contributed by atoms with E-state index >= 15 is 0 Å². The van der Waals surface area contributed by atoms with Gasteiger partial charge in [-0.25, -0.2) is 4.79 Å². The predicted octanol–water partition coefficient (Wildman–Crippen LogP) is 2.61. The number of carbonyl (C=O) groups is 2. The summed E-state index contributed by atoms with van der Waals surface area (Å²) in [7, 11) is 1.59. The number of ether oxygens (including phenoxy) is 3. The van der Waals surface area contributed by atoms with E-state index in [-0.39, 0.29) is 13.2 Å². The molecule has 0 saturated carbocycles. The molecule has 1 amide bonds. The van der Waals surface area contributed by atoms with Crippen molar-refractivity contribution >= 4 is 17.6 Å². The third-order valence-electron chi connectivity index (χ3n) is 4.46. The fourth-order valence-electron chi connectivity index (χ4n) is 2.87. The van der Waals surface area contributed by atoms with E-state index in [2.05, 4.69) is 5.32 Å². The highest BCUT2D eigenvalue weighted by Gasteiger charge is 2.30. The number of hydrogen-bond donors (Lipinski definition) is 2. The smallest absolute Gasteiger partial charge is 0.328 e. The third-order valence-corrected chi connectivity index (χ3v) is 4.46. The van der Waals surface area contributed by atoms with Crippen LogP contribution in [0.4, 0.5) is 0 Å². The lowest BCUT2D eigenvalue weighted by Gasteiger charge is -2.18. The molecule has 1 aliphatic heterocycles. The van der Waals surface area contributed by atoms with Crippen molar-refractivity contribution < 1.29 is 28.9 Å². The Morgan fingerprint density at radius 3 is 2.55 bits per heavy atom. The lowest BCUT2D eigenvalue weighted by atomic mass is 10.1. The van der Waals surface area contributed by atoms with Gasteiger partial charge in [-0.1, -0.05) is 30.3 Å². The summed E-state index contributed by atoms with van der Waals surface area (Å²) in [6, 6.07) is 15.5. The van der Waals surface area contributed by atoms with E-state index in [0.717, 1.165) is 16.9 Å². The number of benzene rings is 2. The van der Waals surface area contributed by atoms with Crippen LogP contribution >= 0.6 is 0 Å². The second-order valence-electron chi connectivity index (χ2n) is 6.54. The molecule has 0 spiro atoms. The van der Waals surface area contributed by atoms with Crippen molar-refractivity contribution in [3.05, 3.63) is 71.8 Å². The van der Waals surface area contributed by atoms with Crippen molar-refractivity contribution in [3.63, 3.8) is 0 Å². The van der Waals surface area contributed by atoms with E-state index < -0.39 is 24.0 Å². The molecular formula is C22H23NO6. The molecule has 1 aliphatic rings. The van der Waals surface area contributed by atoms with Gasteiger partial charge in [-0.15, -0.1) is 0 Å². The van der Waals surface area contributed by atoms with Crippen LogP contribution in [0.2, 0.25) is 0 Å². The van der Waals surface area contributed by atoms with Crippen LogP contribution in [0.15, 0.2) is 60.7 Å². The lowest BCUT2D eigenvalue weighted by molar-refractivity contribution is -0.145. The van der Waals surface area contributed by atoms with Gasteiger partial charge in [-0.2, -0.15) is 0 Å². The van der Waals surface area contributed by atoms with Gasteiger partial charge in [0.2, 0.25) is 0 Å². The molecule has 2 atom stereocenters. The van der Waals surface area contributed by atoms with E-state index in [1.165, 1.54) is 0 Å². The summed E-state index contributed by atoms with van der Waals surface area (Å²) < 4.78 is 16.3. The number of nitrogens with one attached hydrogen (secondary N) is 1. The molecule has 2 aromatic rings. The number of carboxylic acids is 1. The maximum Gasteiger partial charge on any atom is 0.328 e. The van der Waals surface area contributed by atoms with E-state index in [1.54, 1.807) is 19.2 Å². The molecule has 0 radical (unpaired) electrons. The average molecular weight is 397 g/mol. The van der Waals surface area contributed by atoms with Gasteiger partial charge in [0, 0.05) is 12.0 Å². The Balaban J connectivity index is 1.50. The highest BCUT2D eigenvalue weighted by atomic mass is 16.5. The zero-order valence-electron chi connectivity index (χ0n) is 16.0. The molecule has 152 valence electrons. The third kappa shape index (κ3) is 5.58. The molecule has 0 saturated heterocycles. The van der Waals surface area contributed by atoms with Crippen LogP contribution in [0.3, 0.4) is 0 Å². The zero-order chi connectivity index (χ0) is 20.6. The van der Waals surface area contributed by atoms with Crippen molar-refractivity contribution in [2.45, 2.75) is 25.2 Å². The average Bonchev–Trinajstić information content (AvgIpc) is 3.24. The van der Waals surface area contributed by atoms with Gasteiger partial charge in [0.05, 0.1) is 20.3 Å². The summed E-state index contributed by atoms with van der Waals surface area (Å²) in [5.41, 5.74) is 1.75. The molecule has 0 fully saturated rings. The van der Waals surface area contributed by atoms with Crippen LogP contribution < -0.4 is 10.1 Å². The highest BCUT2D eigenvalue weighted by molar-refractivity contribution is 5.88. The molecule has 3 rings (SSSR count). The summed E-state index contributed by atoms with van der Waals surface area (Å²) >= 11 is 0. The molecule has 0 aliphatic carbocycles. The van der Waals surface area contributed by atoms with Crippen LogP contribution in [0.1, 0.15) is 17.5 Å². The maximum atomic E-state index is 12.5. The first-order chi connectivity index (χ1) is 14.1. The normalized spacial score (nSPS) is 16.4. The Hall–Kier alpha value is -3.32. The molecule has 2 aromatic carbocycles. The highest BCUT2D eigenvalue weighted by Crippen LogP contribution is 2.27. The molecule has 0 bridgehead atoms. The molecule has 2 unspecified atom stereocenters. The summed E-state index contributed by atoms with van der Waals surface area (Å²) in [5, 5.41) is 11.9. The number of amides is 1. The minimum atomic E-state index is -1.16. The maximum absolute atomic E-state index is 12.5. The second kappa shape index (κ2) is 9.75. The van der Waals surface area contributed by atoms with Crippen molar-refractivity contribution in [3.8, 4) is 5.75 Å². The monoisotopic (exact) mass is 397 g/mol. The van der Waals surface area contributed by atoms with Gasteiger partial charge in [-0.05, 0) is 35.9 Å². The first kappa shape index (κ1) is 20.4. The SMILES string of the molecule is COc1ccc(C2=CCC(C(=O)NC(COCc3ccccc3)C(=O)O)O2)cc1. The molecular weight excluding hydrogens is 374 g/mol. The van der Waals surface area contributed by atoms with E-state index in [4.69, 9.17) is 14.2 Å². The van der Waals surface area contributed by atoms with Crippen molar-refractivity contribution in [2.24, 2.45) is 0 Å². The van der Waals surface area contributed by atoms with E-state index in [9.17, 15) is 14.7 Å². The minimum absolute atomic E-state index is 0.137. The van der Waals surface area contributed by atoms with E-state index in [1.807, 2.05) is 48.5 Å². The van der Waals surface area contributed by atoms with Crippen LogP contribution in [0.5, 0.6) is 5.75 Å². The number of methoxy groups -OCH3 is 1. The lowest BCUT2D eigenvalue weighted by Crippen LogP contribution is -2.47. The quantitative estimate of drug-likeness (QED) is 0.676. The minimum Gasteiger partial charge on any atom is -0.497 e. The molecule has 7 nitrogen and oxygen atoms in total. The van der Waals surface area contributed by atoms with Gasteiger partial charge < -0.3 is 24.6 Å². The second-order valence-corrected chi connectivity index (χ2v) is 6.54. The fourth-order valence-corrected chi connectivity index (χ4v) is 2.87. The summed E-state index contributed by atoms with van der Waals surface area (Å²) in [4.78, 5) is 23.9. The molecule has 29 heavy (non-hydrogen) atoms. The fraction of sp³-hybridized carbons (Fsp3) is 0.273.